The summed E-state index contributed by atoms with van der Waals surface area (Å²) < 4.78 is 1.70. The minimum absolute atomic E-state index is 0.0558. The molecule has 2 heterocycles. The predicted molar refractivity (Wildman–Crippen MR) is 73.4 cm³/mol. The molecule has 3 aromatic rings. The zero-order chi connectivity index (χ0) is 13.9. The maximum absolute atomic E-state index is 10.7. The van der Waals surface area contributed by atoms with Crippen molar-refractivity contribution in [3.63, 3.8) is 0 Å². The lowest BCUT2D eigenvalue weighted by Crippen LogP contribution is -2.00. The van der Waals surface area contributed by atoms with Gasteiger partial charge in [-0.05, 0) is 30.3 Å². The van der Waals surface area contributed by atoms with Gasteiger partial charge in [0.2, 0.25) is 0 Å². The number of benzene rings is 1. The van der Waals surface area contributed by atoms with E-state index in [1.54, 1.807) is 29.2 Å². The Bertz CT molecular complexity index is 735. The van der Waals surface area contributed by atoms with Crippen LogP contribution in [0.15, 0.2) is 60.9 Å². The van der Waals surface area contributed by atoms with Crippen LogP contribution in [-0.2, 0) is 0 Å². The minimum atomic E-state index is -0.424. The molecule has 0 N–H and O–H groups in total. The van der Waals surface area contributed by atoms with Crippen LogP contribution in [-0.4, -0.2) is 19.7 Å². The summed E-state index contributed by atoms with van der Waals surface area (Å²) in [5.41, 5.74) is 2.43. The van der Waals surface area contributed by atoms with Gasteiger partial charge in [-0.2, -0.15) is 5.10 Å². The Labute approximate surface area is 114 Å². The van der Waals surface area contributed by atoms with Gasteiger partial charge in [-0.1, -0.05) is 6.07 Å². The van der Waals surface area contributed by atoms with Crippen molar-refractivity contribution in [2.24, 2.45) is 0 Å². The van der Waals surface area contributed by atoms with Crippen molar-refractivity contribution in [1.29, 1.82) is 0 Å². The molecule has 3 rings (SSSR count). The molecule has 0 saturated heterocycles. The molecule has 0 aliphatic rings. The van der Waals surface area contributed by atoms with Crippen molar-refractivity contribution < 1.29 is 4.92 Å². The molecule has 0 atom stereocenters. The van der Waals surface area contributed by atoms with Crippen LogP contribution in [0.2, 0.25) is 0 Å². The Hall–Kier alpha value is -3.02. The van der Waals surface area contributed by atoms with E-state index in [1.165, 1.54) is 12.1 Å². The maximum Gasteiger partial charge on any atom is 0.269 e. The van der Waals surface area contributed by atoms with Gasteiger partial charge >= 0.3 is 0 Å². The highest BCUT2D eigenvalue weighted by Crippen LogP contribution is 2.21. The minimum Gasteiger partial charge on any atom is -0.258 e. The lowest BCUT2D eigenvalue weighted by atomic mass is 10.2. The predicted octanol–water partition coefficient (Wildman–Crippen LogP) is 2.84. The molecule has 0 spiro atoms. The fourth-order valence-electron chi connectivity index (χ4n) is 1.93. The van der Waals surface area contributed by atoms with Gasteiger partial charge in [0.15, 0.2) is 0 Å². The van der Waals surface area contributed by atoms with Crippen molar-refractivity contribution in [1.82, 2.24) is 14.8 Å². The second kappa shape index (κ2) is 4.93. The normalized spacial score (nSPS) is 10.4. The van der Waals surface area contributed by atoms with Gasteiger partial charge < -0.3 is 0 Å². The van der Waals surface area contributed by atoms with Crippen LogP contribution < -0.4 is 0 Å². The lowest BCUT2D eigenvalue weighted by Gasteiger charge is -2.06. The largest absolute Gasteiger partial charge is 0.269 e. The summed E-state index contributed by atoms with van der Waals surface area (Å²) in [5, 5.41) is 14.9. The highest BCUT2D eigenvalue weighted by atomic mass is 16.6. The highest BCUT2D eigenvalue weighted by molar-refractivity contribution is 5.57. The summed E-state index contributed by atoms with van der Waals surface area (Å²) in [5.74, 6) is 0. The summed E-state index contributed by atoms with van der Waals surface area (Å²) in [7, 11) is 0. The molecule has 0 aliphatic heterocycles. The molecular formula is C14H10N4O2. The molecule has 0 unspecified atom stereocenters. The number of aromatic nitrogens is 3. The van der Waals surface area contributed by atoms with Gasteiger partial charge in [-0.3, -0.25) is 15.1 Å². The number of nitro benzene ring substituents is 1. The standard InChI is InChI=1S/C14H10N4O2/c19-18(20)12-6-4-11(5-7-12)17-14(8-10-16-17)13-3-1-2-9-15-13/h1-10H. The summed E-state index contributed by atoms with van der Waals surface area (Å²) in [4.78, 5) is 14.5. The number of non-ortho nitro benzene ring substituents is 1. The SMILES string of the molecule is O=[N+]([O-])c1ccc(-n2nccc2-c2ccccn2)cc1. The highest BCUT2D eigenvalue weighted by Gasteiger charge is 2.10. The van der Waals surface area contributed by atoms with Gasteiger partial charge in [0.05, 0.1) is 28.2 Å². The molecule has 20 heavy (non-hydrogen) atoms. The van der Waals surface area contributed by atoms with E-state index < -0.39 is 4.92 Å². The van der Waals surface area contributed by atoms with E-state index in [0.29, 0.717) is 0 Å². The van der Waals surface area contributed by atoms with E-state index in [2.05, 4.69) is 10.1 Å². The van der Waals surface area contributed by atoms with E-state index in [-0.39, 0.29) is 5.69 Å². The molecule has 2 aromatic heterocycles. The van der Waals surface area contributed by atoms with Crippen LogP contribution in [0.25, 0.3) is 17.1 Å². The third-order valence-electron chi connectivity index (χ3n) is 2.88. The van der Waals surface area contributed by atoms with Gasteiger partial charge in [0.1, 0.15) is 0 Å². The number of hydrogen-bond donors (Lipinski definition) is 0. The molecule has 6 nitrogen and oxygen atoms in total. The van der Waals surface area contributed by atoms with Crippen LogP contribution in [0.3, 0.4) is 0 Å². The van der Waals surface area contributed by atoms with Crippen molar-refractivity contribution in [2.75, 3.05) is 0 Å². The number of nitro groups is 1. The van der Waals surface area contributed by atoms with E-state index >= 15 is 0 Å². The van der Waals surface area contributed by atoms with Crippen molar-refractivity contribution >= 4 is 5.69 Å². The maximum atomic E-state index is 10.7. The number of rotatable bonds is 3. The van der Waals surface area contributed by atoms with Crippen LogP contribution in [0.1, 0.15) is 0 Å². The summed E-state index contributed by atoms with van der Waals surface area (Å²) in [6.07, 6.45) is 3.38. The zero-order valence-electron chi connectivity index (χ0n) is 10.4. The summed E-state index contributed by atoms with van der Waals surface area (Å²) in [6.45, 7) is 0. The topological polar surface area (TPSA) is 73.8 Å². The van der Waals surface area contributed by atoms with E-state index in [9.17, 15) is 10.1 Å². The van der Waals surface area contributed by atoms with Gasteiger partial charge in [0, 0.05) is 18.3 Å². The second-order valence-corrected chi connectivity index (χ2v) is 4.12. The van der Waals surface area contributed by atoms with Gasteiger partial charge in [0.25, 0.3) is 5.69 Å². The molecule has 0 aliphatic carbocycles. The van der Waals surface area contributed by atoms with Crippen molar-refractivity contribution in [2.45, 2.75) is 0 Å². The monoisotopic (exact) mass is 266 g/mol. The van der Waals surface area contributed by atoms with E-state index in [4.69, 9.17) is 0 Å². The molecule has 0 radical (unpaired) electrons. The van der Waals surface area contributed by atoms with Crippen LogP contribution in [0.5, 0.6) is 0 Å². The Kier molecular flexibility index (Phi) is 2.96. The Morgan fingerprint density at radius 1 is 1.00 bits per heavy atom. The van der Waals surface area contributed by atoms with E-state index in [0.717, 1.165) is 17.1 Å². The van der Waals surface area contributed by atoms with Gasteiger partial charge in [-0.25, -0.2) is 4.68 Å². The smallest absolute Gasteiger partial charge is 0.258 e. The molecule has 1 aromatic carbocycles. The average Bonchev–Trinajstić information content (AvgIpc) is 2.97. The quantitative estimate of drug-likeness (QED) is 0.539. The molecule has 0 saturated carbocycles. The molecule has 0 fully saturated rings. The number of hydrogen-bond acceptors (Lipinski definition) is 4. The number of pyridine rings is 1. The first-order valence-electron chi connectivity index (χ1n) is 5.96. The molecule has 98 valence electrons. The van der Waals surface area contributed by atoms with Crippen LogP contribution >= 0.6 is 0 Å². The summed E-state index contributed by atoms with van der Waals surface area (Å²) in [6, 6.07) is 13.7. The first-order chi connectivity index (χ1) is 9.75. The fraction of sp³-hybridized carbons (Fsp3) is 0. The third-order valence-corrected chi connectivity index (χ3v) is 2.88. The first kappa shape index (κ1) is 12.0. The lowest BCUT2D eigenvalue weighted by molar-refractivity contribution is -0.384. The van der Waals surface area contributed by atoms with Crippen molar-refractivity contribution in [3.05, 3.63) is 71.0 Å². The fourth-order valence-corrected chi connectivity index (χ4v) is 1.93. The van der Waals surface area contributed by atoms with E-state index in [1.807, 2.05) is 24.3 Å². The molecular weight excluding hydrogens is 256 g/mol. The Morgan fingerprint density at radius 3 is 2.45 bits per heavy atom. The third kappa shape index (κ3) is 2.14. The Balaban J connectivity index is 2.04. The average molecular weight is 266 g/mol. The zero-order valence-corrected chi connectivity index (χ0v) is 10.4. The van der Waals surface area contributed by atoms with Crippen LogP contribution in [0.4, 0.5) is 5.69 Å². The molecule has 0 amide bonds. The second-order valence-electron chi connectivity index (χ2n) is 4.12. The summed E-state index contributed by atoms with van der Waals surface area (Å²) >= 11 is 0. The van der Waals surface area contributed by atoms with Gasteiger partial charge in [-0.15, -0.1) is 0 Å². The van der Waals surface area contributed by atoms with Crippen molar-refractivity contribution in [3.8, 4) is 17.1 Å². The molecule has 0 bridgehead atoms. The Morgan fingerprint density at radius 2 is 1.80 bits per heavy atom. The number of nitrogens with zero attached hydrogens (tertiary/aromatic N) is 4. The van der Waals surface area contributed by atoms with Crippen LogP contribution in [0, 0.1) is 10.1 Å². The first-order valence-corrected chi connectivity index (χ1v) is 5.96. The molecule has 6 heteroatoms.